The number of primary sulfonamides is 1. The highest BCUT2D eigenvalue weighted by molar-refractivity contribution is 7.89. The summed E-state index contributed by atoms with van der Waals surface area (Å²) in [7, 11) is -7.41. The fourth-order valence-electron chi connectivity index (χ4n) is 1.66. The van der Waals surface area contributed by atoms with E-state index in [0.29, 0.717) is 11.1 Å². The van der Waals surface area contributed by atoms with E-state index >= 15 is 0 Å². The first-order valence-corrected chi connectivity index (χ1v) is 9.32. The summed E-state index contributed by atoms with van der Waals surface area (Å²) >= 11 is 0. The lowest BCUT2D eigenvalue weighted by atomic mass is 10.2. The minimum atomic E-state index is -3.88. The Hall–Kier alpha value is -1.74. The summed E-state index contributed by atoms with van der Waals surface area (Å²) in [5.41, 5.74) is 1.27. The third kappa shape index (κ3) is 6.81. The van der Waals surface area contributed by atoms with Gasteiger partial charge in [0.15, 0.2) is 0 Å². The van der Waals surface area contributed by atoms with Gasteiger partial charge in [-0.15, -0.1) is 0 Å². The lowest BCUT2D eigenvalue weighted by molar-refractivity contribution is 0.482. The quantitative estimate of drug-likeness (QED) is 0.823. The highest BCUT2D eigenvalue weighted by Crippen LogP contribution is 2.11. The van der Waals surface area contributed by atoms with Crippen molar-refractivity contribution in [1.82, 2.24) is 0 Å². The minimum Gasteiger partial charge on any atom is -0.285 e. The van der Waals surface area contributed by atoms with E-state index in [0.717, 1.165) is 0 Å². The second-order valence-corrected chi connectivity index (χ2v) is 7.50. The SMILES string of the molecule is Cc1ccccc1S(N)(=O)=O.O=S(=O)(O)Cc1ccccc1. The molecule has 2 rings (SSSR count). The molecule has 3 N–H and O–H groups in total. The smallest absolute Gasteiger partial charge is 0.269 e. The zero-order valence-electron chi connectivity index (χ0n) is 11.9. The van der Waals surface area contributed by atoms with Gasteiger partial charge in [-0.1, -0.05) is 48.5 Å². The highest BCUT2D eigenvalue weighted by Gasteiger charge is 2.08. The van der Waals surface area contributed by atoms with E-state index in [1.807, 2.05) is 0 Å². The average molecular weight is 343 g/mol. The van der Waals surface area contributed by atoms with Gasteiger partial charge in [0.2, 0.25) is 10.0 Å². The number of hydrogen-bond acceptors (Lipinski definition) is 4. The van der Waals surface area contributed by atoms with Gasteiger partial charge >= 0.3 is 0 Å². The molecule has 2 aromatic carbocycles. The molecule has 0 unspecified atom stereocenters. The van der Waals surface area contributed by atoms with Crippen LogP contribution in [0.3, 0.4) is 0 Å². The molecule has 0 aliphatic rings. The van der Waals surface area contributed by atoms with Crippen molar-refractivity contribution in [1.29, 1.82) is 0 Å². The number of sulfonamides is 1. The Morgan fingerprint density at radius 1 is 0.909 bits per heavy atom. The molecule has 0 atom stereocenters. The van der Waals surface area contributed by atoms with E-state index < -0.39 is 20.1 Å². The summed E-state index contributed by atoms with van der Waals surface area (Å²) < 4.78 is 50.8. The summed E-state index contributed by atoms with van der Waals surface area (Å²) in [5.74, 6) is -0.312. The summed E-state index contributed by atoms with van der Waals surface area (Å²) in [6.45, 7) is 1.71. The van der Waals surface area contributed by atoms with E-state index in [-0.39, 0.29) is 10.6 Å². The van der Waals surface area contributed by atoms with Crippen molar-refractivity contribution >= 4 is 20.1 Å². The van der Waals surface area contributed by atoms with E-state index in [1.54, 1.807) is 55.5 Å². The maximum atomic E-state index is 10.8. The van der Waals surface area contributed by atoms with Crippen molar-refractivity contribution < 1.29 is 21.4 Å². The molecule has 0 aromatic heterocycles. The largest absolute Gasteiger partial charge is 0.285 e. The zero-order valence-corrected chi connectivity index (χ0v) is 13.5. The zero-order chi connectivity index (χ0) is 16.8. The van der Waals surface area contributed by atoms with Gasteiger partial charge in [0, 0.05) is 0 Å². The van der Waals surface area contributed by atoms with Gasteiger partial charge in [-0.2, -0.15) is 8.42 Å². The predicted octanol–water partition coefficient (Wildman–Crippen LogP) is 1.72. The van der Waals surface area contributed by atoms with Crippen molar-refractivity contribution in [2.45, 2.75) is 17.6 Å². The second-order valence-electron chi connectivity index (χ2n) is 4.52. The lowest BCUT2D eigenvalue weighted by Gasteiger charge is -2.00. The van der Waals surface area contributed by atoms with Crippen LogP contribution >= 0.6 is 0 Å². The van der Waals surface area contributed by atoms with Crippen LogP contribution in [-0.4, -0.2) is 21.4 Å². The van der Waals surface area contributed by atoms with Gasteiger partial charge in [-0.05, 0) is 24.1 Å². The van der Waals surface area contributed by atoms with Gasteiger partial charge < -0.3 is 0 Å². The fraction of sp³-hybridized carbons (Fsp3) is 0.143. The average Bonchev–Trinajstić information content (AvgIpc) is 2.38. The highest BCUT2D eigenvalue weighted by atomic mass is 32.2. The molecule has 2 aromatic rings. The normalized spacial score (nSPS) is 11.4. The number of benzene rings is 2. The Morgan fingerprint density at radius 3 is 1.82 bits per heavy atom. The topological polar surface area (TPSA) is 115 Å². The molecule has 0 saturated carbocycles. The van der Waals surface area contributed by atoms with Crippen molar-refractivity contribution in [3.8, 4) is 0 Å². The van der Waals surface area contributed by atoms with E-state index in [9.17, 15) is 16.8 Å². The molecule has 0 fully saturated rings. The maximum absolute atomic E-state index is 10.8. The van der Waals surface area contributed by atoms with Gasteiger partial charge in [-0.3, -0.25) is 4.55 Å². The minimum absolute atomic E-state index is 0.194. The number of hydrogen-bond donors (Lipinski definition) is 2. The number of rotatable bonds is 3. The Kier molecular flexibility index (Phi) is 6.24. The molecule has 0 spiro atoms. The van der Waals surface area contributed by atoms with Gasteiger partial charge in [0.1, 0.15) is 5.75 Å². The molecule has 22 heavy (non-hydrogen) atoms. The molecular formula is C14H17NO5S2. The molecule has 0 amide bonds. The van der Waals surface area contributed by atoms with Crippen LogP contribution in [0.15, 0.2) is 59.5 Å². The molecule has 0 radical (unpaired) electrons. The van der Waals surface area contributed by atoms with Crippen LogP contribution in [0.4, 0.5) is 0 Å². The predicted molar refractivity (Wildman–Crippen MR) is 84.2 cm³/mol. The van der Waals surface area contributed by atoms with Gasteiger partial charge in [-0.25, -0.2) is 13.6 Å². The van der Waals surface area contributed by atoms with Crippen molar-refractivity contribution in [2.75, 3.05) is 0 Å². The standard InChI is InChI=1S/C7H9NO2S.C7H8O3S/c1-6-4-2-3-5-7(6)11(8,9)10;8-11(9,10)6-7-4-2-1-3-5-7/h2-5H,1H3,(H2,8,9,10);1-5H,6H2,(H,8,9,10). The molecule has 0 heterocycles. The van der Waals surface area contributed by atoms with E-state index in [2.05, 4.69) is 0 Å². The maximum Gasteiger partial charge on any atom is 0.269 e. The van der Waals surface area contributed by atoms with Gasteiger partial charge in [0.25, 0.3) is 10.1 Å². The van der Waals surface area contributed by atoms with E-state index in [4.69, 9.17) is 9.69 Å². The van der Waals surface area contributed by atoms with Crippen LogP contribution in [0, 0.1) is 6.92 Å². The Balaban J connectivity index is 0.000000220. The van der Waals surface area contributed by atoms with Gasteiger partial charge in [0.05, 0.1) is 4.90 Å². The summed E-state index contributed by atoms with van der Waals surface area (Å²) in [5, 5.41) is 4.93. The first kappa shape index (κ1) is 18.3. The first-order chi connectivity index (χ1) is 10.1. The van der Waals surface area contributed by atoms with Crippen LogP contribution in [-0.2, 0) is 25.9 Å². The van der Waals surface area contributed by atoms with Crippen LogP contribution in [0.2, 0.25) is 0 Å². The van der Waals surface area contributed by atoms with Crippen LogP contribution in [0.25, 0.3) is 0 Å². The Bertz CT molecular complexity index is 815. The molecule has 0 aliphatic heterocycles. The fourth-order valence-corrected chi connectivity index (χ4v) is 3.06. The summed E-state index contributed by atoms with van der Waals surface area (Å²) in [6.07, 6.45) is 0. The molecule has 0 saturated heterocycles. The third-order valence-electron chi connectivity index (χ3n) is 2.59. The van der Waals surface area contributed by atoms with Crippen molar-refractivity contribution in [3.63, 3.8) is 0 Å². The monoisotopic (exact) mass is 343 g/mol. The number of nitrogens with two attached hydrogens (primary N) is 1. The third-order valence-corrected chi connectivity index (χ3v) is 4.36. The molecular weight excluding hydrogens is 326 g/mol. The first-order valence-electron chi connectivity index (χ1n) is 6.17. The molecule has 8 heteroatoms. The number of aryl methyl sites for hydroxylation is 1. The van der Waals surface area contributed by atoms with E-state index in [1.165, 1.54) is 6.07 Å². The lowest BCUT2D eigenvalue weighted by Crippen LogP contribution is -2.13. The van der Waals surface area contributed by atoms with Crippen LogP contribution in [0.1, 0.15) is 11.1 Å². The van der Waals surface area contributed by atoms with Crippen molar-refractivity contribution in [2.24, 2.45) is 5.14 Å². The summed E-state index contributed by atoms with van der Waals surface area (Å²) in [6, 6.07) is 15.1. The molecule has 6 nitrogen and oxygen atoms in total. The Morgan fingerprint density at radius 2 is 1.41 bits per heavy atom. The molecule has 0 aliphatic carbocycles. The van der Waals surface area contributed by atoms with Crippen LogP contribution in [0.5, 0.6) is 0 Å². The second kappa shape index (κ2) is 7.50. The Labute approximate surface area is 130 Å². The molecule has 120 valence electrons. The summed E-state index contributed by atoms with van der Waals surface area (Å²) in [4.78, 5) is 0.194. The van der Waals surface area contributed by atoms with Crippen LogP contribution < -0.4 is 5.14 Å². The molecule has 0 bridgehead atoms. The van der Waals surface area contributed by atoms with Crippen molar-refractivity contribution in [3.05, 3.63) is 65.7 Å².